The van der Waals surface area contributed by atoms with Gasteiger partial charge in [0, 0.05) is 24.3 Å². The van der Waals surface area contributed by atoms with Crippen LogP contribution in [0.3, 0.4) is 0 Å². The Morgan fingerprint density at radius 2 is 2.09 bits per heavy atom. The molecule has 5 nitrogen and oxygen atoms in total. The summed E-state index contributed by atoms with van der Waals surface area (Å²) >= 11 is 0. The smallest absolute Gasteiger partial charge is 0.251 e. The van der Waals surface area contributed by atoms with Crippen molar-refractivity contribution in [2.24, 2.45) is 5.92 Å². The van der Waals surface area contributed by atoms with Gasteiger partial charge in [-0.05, 0) is 24.1 Å². The van der Waals surface area contributed by atoms with Gasteiger partial charge in [-0.25, -0.2) is 4.98 Å². The Kier molecular flexibility index (Phi) is 5.34. The van der Waals surface area contributed by atoms with Crippen LogP contribution in [-0.2, 0) is 14.3 Å². The van der Waals surface area contributed by atoms with Crippen LogP contribution in [0.15, 0.2) is 48.7 Å². The van der Waals surface area contributed by atoms with Crippen molar-refractivity contribution < 1.29 is 14.3 Å². The van der Waals surface area contributed by atoms with Crippen molar-refractivity contribution in [3.05, 3.63) is 48.7 Å². The number of pyridine rings is 1. The highest BCUT2D eigenvalue weighted by Gasteiger charge is 2.16. The molecule has 0 aliphatic carbocycles. The van der Waals surface area contributed by atoms with E-state index in [0.717, 1.165) is 30.8 Å². The molecule has 1 aromatic heterocycles. The number of anilines is 1. The topological polar surface area (TPSA) is 60.5 Å². The number of benzene rings is 1. The summed E-state index contributed by atoms with van der Waals surface area (Å²) in [4.78, 5) is 16.1. The minimum atomic E-state index is -0.191. The predicted molar refractivity (Wildman–Crippen MR) is 88.0 cm³/mol. The molecule has 3 rings (SSSR count). The van der Waals surface area contributed by atoms with E-state index >= 15 is 0 Å². The number of ether oxygens (including phenoxy) is 2. The molecule has 1 aliphatic heterocycles. The van der Waals surface area contributed by atoms with Gasteiger partial charge in [0.05, 0.1) is 13.2 Å². The van der Waals surface area contributed by atoms with Crippen molar-refractivity contribution in [2.45, 2.75) is 6.42 Å². The summed E-state index contributed by atoms with van der Waals surface area (Å²) in [5.74, 6) is 0.748. The first-order valence-electron chi connectivity index (χ1n) is 7.78. The minimum absolute atomic E-state index is 0.0403. The van der Waals surface area contributed by atoms with Crippen molar-refractivity contribution in [1.82, 2.24) is 4.98 Å². The Morgan fingerprint density at radius 3 is 2.78 bits per heavy atom. The first kappa shape index (κ1) is 15.6. The molecule has 1 unspecified atom stereocenters. The highest BCUT2D eigenvalue weighted by Crippen LogP contribution is 2.19. The molecule has 0 bridgehead atoms. The fourth-order valence-corrected chi connectivity index (χ4v) is 2.48. The van der Waals surface area contributed by atoms with E-state index in [1.165, 1.54) is 0 Å². The quantitative estimate of drug-likeness (QED) is 0.891. The van der Waals surface area contributed by atoms with E-state index in [0.29, 0.717) is 18.3 Å². The molecular formula is C18H20N2O3. The van der Waals surface area contributed by atoms with E-state index in [9.17, 15) is 4.79 Å². The molecule has 1 amide bonds. The van der Waals surface area contributed by atoms with Crippen LogP contribution in [0.1, 0.15) is 6.42 Å². The first-order valence-corrected chi connectivity index (χ1v) is 7.78. The number of hydrogen-bond acceptors (Lipinski definition) is 4. The van der Waals surface area contributed by atoms with E-state index < -0.39 is 0 Å². The van der Waals surface area contributed by atoms with Crippen LogP contribution in [-0.4, -0.2) is 37.3 Å². The Bertz CT molecular complexity index is 622. The number of nitrogens with zero attached hydrogens (tertiary/aromatic N) is 1. The zero-order chi connectivity index (χ0) is 15.9. The number of amides is 1. The number of carbonyl (C=O) groups excluding carboxylic acids is 1. The van der Waals surface area contributed by atoms with Gasteiger partial charge in [-0.3, -0.25) is 4.79 Å². The summed E-state index contributed by atoms with van der Waals surface area (Å²) < 4.78 is 10.7. The van der Waals surface area contributed by atoms with Crippen molar-refractivity contribution in [3.8, 4) is 11.1 Å². The van der Waals surface area contributed by atoms with Gasteiger partial charge in [0.2, 0.25) is 0 Å². The second-order valence-electron chi connectivity index (χ2n) is 5.59. The van der Waals surface area contributed by atoms with E-state index in [1.807, 2.05) is 36.4 Å². The Morgan fingerprint density at radius 1 is 1.22 bits per heavy atom. The van der Waals surface area contributed by atoms with E-state index in [4.69, 9.17) is 9.47 Å². The number of hydrogen-bond donors (Lipinski definition) is 1. The third-order valence-electron chi connectivity index (χ3n) is 3.75. The molecule has 2 heterocycles. The van der Waals surface area contributed by atoms with Gasteiger partial charge in [-0.2, -0.15) is 0 Å². The molecule has 1 aromatic carbocycles. The van der Waals surface area contributed by atoms with Gasteiger partial charge in [0.25, 0.3) is 5.91 Å². The van der Waals surface area contributed by atoms with Crippen LogP contribution in [0.25, 0.3) is 11.1 Å². The van der Waals surface area contributed by atoms with Crippen LogP contribution < -0.4 is 5.32 Å². The molecule has 1 N–H and O–H groups in total. The summed E-state index contributed by atoms with van der Waals surface area (Å²) in [6.07, 6.45) is 2.76. The van der Waals surface area contributed by atoms with Crippen molar-refractivity contribution >= 4 is 11.7 Å². The standard InChI is InChI=1S/C18H20N2O3/c21-18(13-23-12-14-8-9-22-11-14)20-17-7-6-16(10-19-17)15-4-2-1-3-5-15/h1-7,10,14H,8-9,11-13H2,(H,19,20,21). The second-order valence-corrected chi connectivity index (χ2v) is 5.59. The second kappa shape index (κ2) is 7.85. The van der Waals surface area contributed by atoms with Crippen LogP contribution in [0, 0.1) is 5.92 Å². The molecule has 23 heavy (non-hydrogen) atoms. The van der Waals surface area contributed by atoms with Crippen LogP contribution >= 0.6 is 0 Å². The first-order chi connectivity index (χ1) is 11.3. The molecule has 1 saturated heterocycles. The molecule has 0 radical (unpaired) electrons. The zero-order valence-electron chi connectivity index (χ0n) is 12.9. The highest BCUT2D eigenvalue weighted by atomic mass is 16.5. The minimum Gasteiger partial charge on any atom is -0.381 e. The molecule has 2 aromatic rings. The Balaban J connectivity index is 1.46. The van der Waals surface area contributed by atoms with Crippen LogP contribution in [0.2, 0.25) is 0 Å². The molecular weight excluding hydrogens is 292 g/mol. The van der Waals surface area contributed by atoms with Gasteiger partial charge in [0.1, 0.15) is 12.4 Å². The van der Waals surface area contributed by atoms with Gasteiger partial charge in [-0.15, -0.1) is 0 Å². The maximum Gasteiger partial charge on any atom is 0.251 e. The predicted octanol–water partition coefficient (Wildman–Crippen LogP) is 2.74. The summed E-state index contributed by atoms with van der Waals surface area (Å²) in [6.45, 7) is 2.12. The largest absolute Gasteiger partial charge is 0.381 e. The summed E-state index contributed by atoms with van der Waals surface area (Å²) in [5, 5.41) is 2.74. The van der Waals surface area contributed by atoms with Crippen molar-refractivity contribution in [3.63, 3.8) is 0 Å². The number of carbonyl (C=O) groups is 1. The van der Waals surface area contributed by atoms with Gasteiger partial charge >= 0.3 is 0 Å². The molecule has 1 aliphatic rings. The number of aromatic nitrogens is 1. The fraction of sp³-hybridized carbons (Fsp3) is 0.333. The molecule has 0 saturated carbocycles. The average molecular weight is 312 g/mol. The van der Waals surface area contributed by atoms with Gasteiger partial charge in [0.15, 0.2) is 0 Å². The van der Waals surface area contributed by atoms with Crippen molar-refractivity contribution in [1.29, 1.82) is 0 Å². The SMILES string of the molecule is O=C(COCC1CCOC1)Nc1ccc(-c2ccccc2)cn1. The van der Waals surface area contributed by atoms with E-state index in [2.05, 4.69) is 10.3 Å². The normalized spacial score (nSPS) is 17.1. The fourth-order valence-electron chi connectivity index (χ4n) is 2.48. The van der Waals surface area contributed by atoms with Gasteiger partial charge < -0.3 is 14.8 Å². The lowest BCUT2D eigenvalue weighted by Gasteiger charge is -2.09. The van der Waals surface area contributed by atoms with Crippen molar-refractivity contribution in [2.75, 3.05) is 31.7 Å². The molecule has 0 spiro atoms. The maximum absolute atomic E-state index is 11.8. The monoisotopic (exact) mass is 312 g/mol. The van der Waals surface area contributed by atoms with Crippen LogP contribution in [0.5, 0.6) is 0 Å². The number of rotatable bonds is 6. The third-order valence-corrected chi connectivity index (χ3v) is 3.75. The average Bonchev–Trinajstić information content (AvgIpc) is 3.10. The number of nitrogens with one attached hydrogen (secondary N) is 1. The summed E-state index contributed by atoms with van der Waals surface area (Å²) in [5.41, 5.74) is 2.11. The van der Waals surface area contributed by atoms with E-state index in [-0.39, 0.29) is 12.5 Å². The van der Waals surface area contributed by atoms with E-state index in [1.54, 1.807) is 12.3 Å². The summed E-state index contributed by atoms with van der Waals surface area (Å²) in [6, 6.07) is 13.7. The Labute approximate surface area is 135 Å². The maximum atomic E-state index is 11.8. The molecule has 5 heteroatoms. The lowest BCUT2D eigenvalue weighted by molar-refractivity contribution is -0.121. The molecule has 120 valence electrons. The Hall–Kier alpha value is -2.24. The van der Waals surface area contributed by atoms with Gasteiger partial charge in [-0.1, -0.05) is 30.3 Å². The lowest BCUT2D eigenvalue weighted by atomic mass is 10.1. The molecule has 1 fully saturated rings. The molecule has 1 atom stereocenters. The highest BCUT2D eigenvalue weighted by molar-refractivity contribution is 5.90. The lowest BCUT2D eigenvalue weighted by Crippen LogP contribution is -2.21. The van der Waals surface area contributed by atoms with Crippen LogP contribution in [0.4, 0.5) is 5.82 Å². The summed E-state index contributed by atoms with van der Waals surface area (Å²) in [7, 11) is 0. The zero-order valence-corrected chi connectivity index (χ0v) is 12.9. The third kappa shape index (κ3) is 4.61.